The van der Waals surface area contributed by atoms with Gasteiger partial charge in [-0.05, 0) is 56.2 Å². The van der Waals surface area contributed by atoms with Crippen LogP contribution in [0.1, 0.15) is 18.4 Å². The van der Waals surface area contributed by atoms with Crippen LogP contribution in [0.15, 0.2) is 60.8 Å². The maximum absolute atomic E-state index is 13.4. The highest BCUT2D eigenvalue weighted by molar-refractivity contribution is 6.16. The molecule has 2 aromatic carbocycles. The van der Waals surface area contributed by atoms with E-state index in [1.807, 2.05) is 31.2 Å². The van der Waals surface area contributed by atoms with E-state index in [1.165, 1.54) is 35.4 Å². The van der Waals surface area contributed by atoms with E-state index in [0.29, 0.717) is 18.5 Å². The van der Waals surface area contributed by atoms with Gasteiger partial charge in [-0.3, -0.25) is 14.5 Å². The lowest BCUT2D eigenvalue weighted by Crippen LogP contribution is -2.41. The molecule has 2 amide bonds. The number of aromatic nitrogens is 2. The summed E-state index contributed by atoms with van der Waals surface area (Å²) in [6.45, 7) is 1.99. The molecule has 1 fully saturated rings. The summed E-state index contributed by atoms with van der Waals surface area (Å²) >= 11 is 0. The maximum atomic E-state index is 13.4. The van der Waals surface area contributed by atoms with Gasteiger partial charge in [-0.25, -0.2) is 9.37 Å². The molecule has 1 aliphatic rings. The number of nitrogens with two attached hydrogens (primary N) is 1. The topological polar surface area (TPSA) is 101 Å². The maximum Gasteiger partial charge on any atom is 0.248 e. The smallest absolute Gasteiger partial charge is 0.248 e. The number of aryl methyl sites for hydroxylation is 1. The van der Waals surface area contributed by atoms with Gasteiger partial charge in [0.25, 0.3) is 0 Å². The van der Waals surface area contributed by atoms with Crippen molar-refractivity contribution in [2.24, 2.45) is 11.1 Å². The Morgan fingerprint density at radius 3 is 2.33 bits per heavy atom. The van der Waals surface area contributed by atoms with Crippen molar-refractivity contribution in [2.45, 2.75) is 19.8 Å². The molecule has 4 rings (SSSR count). The highest BCUT2D eigenvalue weighted by Gasteiger charge is 2.57. The number of carbonyl (C=O) groups is 2. The number of nitrogens with zero attached hydrogens (tertiary/aromatic N) is 3. The lowest BCUT2D eigenvalue weighted by Gasteiger charge is -2.25. The monoisotopic (exact) mass is 405 g/mol. The molecular formula is C22H20FN5O2. The molecule has 152 valence electrons. The second-order valence-electron chi connectivity index (χ2n) is 7.29. The highest BCUT2D eigenvalue weighted by atomic mass is 19.1. The largest absolute Gasteiger partial charge is 0.369 e. The Labute approximate surface area is 172 Å². The van der Waals surface area contributed by atoms with Crippen molar-refractivity contribution < 1.29 is 14.0 Å². The molecule has 1 heterocycles. The molecule has 0 unspecified atom stereocenters. The van der Waals surface area contributed by atoms with Gasteiger partial charge in [0, 0.05) is 18.0 Å². The summed E-state index contributed by atoms with van der Waals surface area (Å²) in [7, 11) is 0. The quantitative estimate of drug-likeness (QED) is 0.610. The molecule has 8 heteroatoms. The summed E-state index contributed by atoms with van der Waals surface area (Å²) in [5.74, 6) is -1.07. The summed E-state index contributed by atoms with van der Waals surface area (Å²) in [6.07, 6.45) is 2.25. The molecule has 1 saturated carbocycles. The van der Waals surface area contributed by atoms with Gasteiger partial charge in [0.05, 0.1) is 5.69 Å². The molecule has 3 N–H and O–H groups in total. The van der Waals surface area contributed by atoms with Crippen molar-refractivity contribution in [2.75, 3.05) is 10.2 Å². The first kappa shape index (κ1) is 19.5. The predicted molar refractivity (Wildman–Crippen MR) is 111 cm³/mol. The van der Waals surface area contributed by atoms with Crippen molar-refractivity contribution in [1.29, 1.82) is 0 Å². The Morgan fingerprint density at radius 1 is 1.07 bits per heavy atom. The van der Waals surface area contributed by atoms with Gasteiger partial charge in [0.1, 0.15) is 17.1 Å². The molecule has 30 heavy (non-hydrogen) atoms. The molecule has 0 atom stereocenters. The zero-order valence-corrected chi connectivity index (χ0v) is 16.3. The average molecular weight is 405 g/mol. The minimum atomic E-state index is -1.26. The average Bonchev–Trinajstić information content (AvgIpc) is 3.54. The molecular weight excluding hydrogens is 385 g/mol. The van der Waals surface area contributed by atoms with Crippen LogP contribution in [-0.2, 0) is 9.59 Å². The first-order chi connectivity index (χ1) is 14.4. The Bertz CT molecular complexity index is 1100. The summed E-state index contributed by atoms with van der Waals surface area (Å²) in [5.41, 5.74) is 6.53. The van der Waals surface area contributed by atoms with Crippen LogP contribution in [0, 0.1) is 18.2 Å². The molecule has 1 aliphatic carbocycles. The van der Waals surface area contributed by atoms with Crippen LogP contribution in [0.5, 0.6) is 0 Å². The van der Waals surface area contributed by atoms with E-state index in [4.69, 9.17) is 5.73 Å². The van der Waals surface area contributed by atoms with Crippen LogP contribution >= 0.6 is 0 Å². The highest BCUT2D eigenvalue weighted by Crippen LogP contribution is 2.48. The van der Waals surface area contributed by atoms with Gasteiger partial charge in [0.15, 0.2) is 0 Å². The van der Waals surface area contributed by atoms with E-state index in [9.17, 15) is 14.0 Å². The van der Waals surface area contributed by atoms with Gasteiger partial charge >= 0.3 is 0 Å². The number of amides is 2. The summed E-state index contributed by atoms with van der Waals surface area (Å²) < 4.78 is 13.4. The third-order valence-corrected chi connectivity index (χ3v) is 5.10. The molecule has 0 radical (unpaired) electrons. The zero-order valence-electron chi connectivity index (χ0n) is 16.3. The van der Waals surface area contributed by atoms with Crippen LogP contribution in [0.3, 0.4) is 0 Å². The van der Waals surface area contributed by atoms with Gasteiger partial charge in [0.2, 0.25) is 17.8 Å². The molecule has 0 spiro atoms. The lowest BCUT2D eigenvalue weighted by molar-refractivity contribution is -0.133. The summed E-state index contributed by atoms with van der Waals surface area (Å²) in [6, 6.07) is 14.6. The number of carbonyl (C=O) groups excluding carboxylic acids is 2. The summed E-state index contributed by atoms with van der Waals surface area (Å²) in [5, 5.41) is 3.09. The fourth-order valence-corrected chi connectivity index (χ4v) is 3.15. The molecule has 7 nitrogen and oxygen atoms in total. The molecule has 0 aliphatic heterocycles. The van der Waals surface area contributed by atoms with Gasteiger partial charge in [-0.15, -0.1) is 0 Å². The lowest BCUT2D eigenvalue weighted by atomic mass is 10.0. The van der Waals surface area contributed by atoms with Crippen LogP contribution < -0.4 is 16.0 Å². The minimum Gasteiger partial charge on any atom is -0.369 e. The molecule has 0 saturated heterocycles. The first-order valence-corrected chi connectivity index (χ1v) is 9.46. The number of halogens is 1. The van der Waals surface area contributed by atoms with E-state index < -0.39 is 23.0 Å². The third kappa shape index (κ3) is 3.71. The number of anilines is 4. The minimum absolute atomic E-state index is 0.253. The van der Waals surface area contributed by atoms with Crippen molar-refractivity contribution in [3.63, 3.8) is 0 Å². The van der Waals surface area contributed by atoms with Crippen molar-refractivity contribution in [1.82, 2.24) is 9.97 Å². The molecule has 1 aromatic heterocycles. The van der Waals surface area contributed by atoms with Crippen molar-refractivity contribution >= 4 is 35.0 Å². The van der Waals surface area contributed by atoms with E-state index in [1.54, 1.807) is 6.07 Å². The van der Waals surface area contributed by atoms with E-state index >= 15 is 0 Å². The predicted octanol–water partition coefficient (Wildman–Crippen LogP) is 3.60. The second kappa shape index (κ2) is 7.55. The Morgan fingerprint density at radius 2 is 1.73 bits per heavy atom. The Balaban J connectivity index is 1.72. The zero-order chi connectivity index (χ0) is 21.3. The van der Waals surface area contributed by atoms with E-state index in [-0.39, 0.29) is 11.8 Å². The van der Waals surface area contributed by atoms with Crippen LogP contribution in [0.25, 0.3) is 0 Å². The second-order valence-corrected chi connectivity index (χ2v) is 7.29. The Hall–Kier alpha value is -3.81. The normalized spacial score (nSPS) is 14.1. The fraction of sp³-hybridized carbons (Fsp3) is 0.182. The van der Waals surface area contributed by atoms with Gasteiger partial charge < -0.3 is 11.1 Å². The number of hydrogen-bond acceptors (Lipinski definition) is 5. The van der Waals surface area contributed by atoms with Crippen LogP contribution in [0.4, 0.5) is 27.5 Å². The molecule has 0 bridgehead atoms. The van der Waals surface area contributed by atoms with Crippen LogP contribution in [0.2, 0.25) is 0 Å². The number of rotatable bonds is 6. The third-order valence-electron chi connectivity index (χ3n) is 5.10. The first-order valence-electron chi connectivity index (χ1n) is 9.46. The van der Waals surface area contributed by atoms with Crippen molar-refractivity contribution in [3.8, 4) is 0 Å². The van der Waals surface area contributed by atoms with Gasteiger partial charge in [-0.2, -0.15) is 4.98 Å². The number of nitrogens with one attached hydrogen (secondary N) is 1. The fourth-order valence-electron chi connectivity index (χ4n) is 3.15. The van der Waals surface area contributed by atoms with E-state index in [2.05, 4.69) is 15.3 Å². The molecule has 3 aromatic rings. The standard InChI is InChI=1S/C22H20FN5O2/c1-14-2-6-16(7-3-14)26-21-25-13-10-18(27-21)28(17-8-4-15(23)5-9-17)20(30)22(11-12-22)19(24)29/h2-10,13H,11-12H2,1H3,(H2,24,29)(H,25,26,27). The van der Waals surface area contributed by atoms with Crippen LogP contribution in [-0.4, -0.2) is 21.8 Å². The number of hydrogen-bond donors (Lipinski definition) is 2. The Kier molecular flexibility index (Phi) is 4.91. The van der Waals surface area contributed by atoms with Crippen molar-refractivity contribution in [3.05, 3.63) is 72.2 Å². The van der Waals surface area contributed by atoms with E-state index in [0.717, 1.165) is 11.3 Å². The summed E-state index contributed by atoms with van der Waals surface area (Å²) in [4.78, 5) is 35.2. The SMILES string of the molecule is Cc1ccc(Nc2nccc(N(C(=O)C3(C(N)=O)CC3)c3ccc(F)cc3)n2)cc1. The number of primary amides is 1. The number of benzene rings is 2. The van der Waals surface area contributed by atoms with Gasteiger partial charge in [-0.1, -0.05) is 17.7 Å².